The van der Waals surface area contributed by atoms with Crippen LogP contribution in [0.25, 0.3) is 11.4 Å². The first-order chi connectivity index (χ1) is 7.22. The number of H-pyrrole nitrogens is 1. The summed E-state index contributed by atoms with van der Waals surface area (Å²) in [6, 6.07) is 6.08. The number of nitrogens with zero attached hydrogens (tertiary/aromatic N) is 2. The maximum atomic E-state index is 4.40. The van der Waals surface area contributed by atoms with Crippen LogP contribution in [0.4, 0.5) is 0 Å². The highest BCUT2D eigenvalue weighted by Crippen LogP contribution is 2.28. The Hall–Kier alpha value is -1.16. The lowest BCUT2D eigenvalue weighted by Gasteiger charge is -2.02. The average molecular weight is 266 g/mol. The lowest BCUT2D eigenvalue weighted by Crippen LogP contribution is -1.86. The minimum Gasteiger partial charge on any atom is -0.263 e. The molecule has 0 unspecified atom stereocenters. The molecule has 0 spiro atoms. The van der Waals surface area contributed by atoms with Crippen LogP contribution in [0.3, 0.4) is 0 Å². The first-order valence-electron chi connectivity index (χ1n) is 4.89. The van der Waals surface area contributed by atoms with E-state index in [0.717, 1.165) is 28.1 Å². The van der Waals surface area contributed by atoms with E-state index in [1.54, 1.807) is 0 Å². The zero-order chi connectivity index (χ0) is 10.8. The van der Waals surface area contributed by atoms with Crippen LogP contribution < -0.4 is 0 Å². The molecule has 0 amide bonds. The number of aromatic amines is 1. The average Bonchev–Trinajstić information content (AvgIpc) is 2.70. The predicted octanol–water partition coefficient (Wildman–Crippen LogP) is 3.11. The Morgan fingerprint density at radius 2 is 2.20 bits per heavy atom. The molecule has 0 aliphatic heterocycles. The molecule has 4 heteroatoms. The van der Waals surface area contributed by atoms with Crippen LogP contribution in [0, 0.1) is 6.92 Å². The minimum atomic E-state index is 0.752. The second-order valence-corrected chi connectivity index (χ2v) is 4.19. The Bertz CT molecular complexity index is 476. The number of hydrogen-bond donors (Lipinski definition) is 1. The topological polar surface area (TPSA) is 41.6 Å². The molecule has 15 heavy (non-hydrogen) atoms. The van der Waals surface area contributed by atoms with Crippen molar-refractivity contribution in [1.29, 1.82) is 0 Å². The summed E-state index contributed by atoms with van der Waals surface area (Å²) in [6.45, 7) is 4.11. The van der Waals surface area contributed by atoms with Gasteiger partial charge in [0, 0.05) is 16.5 Å². The van der Waals surface area contributed by atoms with Gasteiger partial charge in [-0.15, -0.1) is 0 Å². The summed E-state index contributed by atoms with van der Waals surface area (Å²) in [5.41, 5.74) is 2.22. The molecule has 78 valence electrons. The van der Waals surface area contributed by atoms with Gasteiger partial charge in [0.2, 0.25) is 0 Å². The monoisotopic (exact) mass is 265 g/mol. The van der Waals surface area contributed by atoms with E-state index in [9.17, 15) is 0 Å². The van der Waals surface area contributed by atoms with Crippen molar-refractivity contribution in [3.8, 4) is 11.4 Å². The van der Waals surface area contributed by atoms with E-state index in [2.05, 4.69) is 51.0 Å². The quantitative estimate of drug-likeness (QED) is 0.907. The van der Waals surface area contributed by atoms with Crippen LogP contribution >= 0.6 is 15.9 Å². The summed E-state index contributed by atoms with van der Waals surface area (Å²) in [6.07, 6.45) is 0.871. The fourth-order valence-electron chi connectivity index (χ4n) is 1.39. The van der Waals surface area contributed by atoms with Gasteiger partial charge in [-0.1, -0.05) is 19.1 Å². The number of benzene rings is 1. The van der Waals surface area contributed by atoms with Crippen LogP contribution in [0.2, 0.25) is 0 Å². The second kappa shape index (κ2) is 4.14. The van der Waals surface area contributed by atoms with Crippen molar-refractivity contribution in [2.24, 2.45) is 0 Å². The van der Waals surface area contributed by atoms with Gasteiger partial charge in [-0.2, -0.15) is 5.10 Å². The number of hydrogen-bond acceptors (Lipinski definition) is 2. The Balaban J connectivity index is 2.49. The van der Waals surface area contributed by atoms with E-state index >= 15 is 0 Å². The van der Waals surface area contributed by atoms with Gasteiger partial charge in [-0.05, 0) is 34.5 Å². The van der Waals surface area contributed by atoms with Gasteiger partial charge in [0.05, 0.1) is 0 Å². The standard InChI is InChI=1S/C11H12BrN3/c1-3-9-13-11(15-14-9)8-6-4-5-7(2)10(8)12/h4-6H,3H2,1-2H3,(H,13,14,15). The molecule has 0 atom stereocenters. The van der Waals surface area contributed by atoms with Gasteiger partial charge < -0.3 is 0 Å². The first-order valence-corrected chi connectivity index (χ1v) is 5.68. The third-order valence-corrected chi connectivity index (χ3v) is 3.35. The second-order valence-electron chi connectivity index (χ2n) is 3.40. The van der Waals surface area contributed by atoms with Gasteiger partial charge in [-0.3, -0.25) is 5.10 Å². The van der Waals surface area contributed by atoms with Gasteiger partial charge in [0.15, 0.2) is 5.82 Å². The van der Waals surface area contributed by atoms with E-state index in [4.69, 9.17) is 0 Å². The summed E-state index contributed by atoms with van der Waals surface area (Å²) in [5, 5.41) is 7.11. The predicted molar refractivity (Wildman–Crippen MR) is 63.6 cm³/mol. The highest BCUT2D eigenvalue weighted by molar-refractivity contribution is 9.10. The number of rotatable bonds is 2. The highest BCUT2D eigenvalue weighted by atomic mass is 79.9. The summed E-state index contributed by atoms with van der Waals surface area (Å²) >= 11 is 3.55. The Morgan fingerprint density at radius 3 is 2.87 bits per heavy atom. The number of halogens is 1. The summed E-state index contributed by atoms with van der Waals surface area (Å²) in [7, 11) is 0. The molecule has 2 aromatic rings. The molecular formula is C11H12BrN3. The van der Waals surface area contributed by atoms with Crippen LogP contribution in [0.5, 0.6) is 0 Å². The Kier molecular flexibility index (Phi) is 2.86. The summed E-state index contributed by atoms with van der Waals surface area (Å²) in [4.78, 5) is 4.40. The zero-order valence-corrected chi connectivity index (χ0v) is 10.3. The smallest absolute Gasteiger partial charge is 0.182 e. The number of aryl methyl sites for hydroxylation is 2. The highest BCUT2D eigenvalue weighted by Gasteiger charge is 2.09. The van der Waals surface area contributed by atoms with E-state index < -0.39 is 0 Å². The van der Waals surface area contributed by atoms with Crippen molar-refractivity contribution in [3.63, 3.8) is 0 Å². The van der Waals surface area contributed by atoms with Gasteiger partial charge in [0.25, 0.3) is 0 Å². The summed E-state index contributed by atoms with van der Waals surface area (Å²) in [5.74, 6) is 1.67. The van der Waals surface area contributed by atoms with Gasteiger partial charge in [-0.25, -0.2) is 4.98 Å². The minimum absolute atomic E-state index is 0.752. The molecule has 1 aromatic heterocycles. The molecular weight excluding hydrogens is 254 g/mol. The van der Waals surface area contributed by atoms with Gasteiger partial charge >= 0.3 is 0 Å². The fourth-order valence-corrected chi connectivity index (χ4v) is 1.84. The molecule has 1 heterocycles. The molecule has 0 saturated carbocycles. The molecule has 0 aliphatic rings. The van der Waals surface area contributed by atoms with E-state index in [1.165, 1.54) is 5.56 Å². The zero-order valence-electron chi connectivity index (χ0n) is 8.71. The molecule has 1 N–H and O–H groups in total. The molecule has 0 bridgehead atoms. The third kappa shape index (κ3) is 1.95. The van der Waals surface area contributed by atoms with Crippen molar-refractivity contribution in [1.82, 2.24) is 15.2 Å². The first kappa shape index (κ1) is 10.4. The van der Waals surface area contributed by atoms with Crippen LogP contribution in [0.15, 0.2) is 22.7 Å². The lowest BCUT2D eigenvalue weighted by molar-refractivity contribution is 0.946. The van der Waals surface area contributed by atoms with Crippen molar-refractivity contribution in [3.05, 3.63) is 34.1 Å². The molecule has 1 aromatic carbocycles. The molecule has 2 rings (SSSR count). The van der Waals surface area contributed by atoms with Gasteiger partial charge in [0.1, 0.15) is 5.82 Å². The molecule has 0 saturated heterocycles. The number of aromatic nitrogens is 3. The molecule has 0 radical (unpaired) electrons. The van der Waals surface area contributed by atoms with Crippen molar-refractivity contribution in [2.75, 3.05) is 0 Å². The maximum absolute atomic E-state index is 4.40. The van der Waals surface area contributed by atoms with E-state index in [-0.39, 0.29) is 0 Å². The maximum Gasteiger partial charge on any atom is 0.182 e. The third-order valence-electron chi connectivity index (χ3n) is 2.30. The Labute approximate surface area is 97.1 Å². The van der Waals surface area contributed by atoms with E-state index in [1.807, 2.05) is 12.1 Å². The van der Waals surface area contributed by atoms with Crippen molar-refractivity contribution in [2.45, 2.75) is 20.3 Å². The molecule has 3 nitrogen and oxygen atoms in total. The normalized spacial score (nSPS) is 10.6. The lowest BCUT2D eigenvalue weighted by atomic mass is 10.1. The van der Waals surface area contributed by atoms with Crippen molar-refractivity contribution >= 4 is 15.9 Å². The fraction of sp³-hybridized carbons (Fsp3) is 0.273. The van der Waals surface area contributed by atoms with Crippen LogP contribution in [-0.4, -0.2) is 15.2 Å². The number of nitrogens with one attached hydrogen (secondary N) is 1. The van der Waals surface area contributed by atoms with Crippen LogP contribution in [0.1, 0.15) is 18.3 Å². The molecule has 0 aliphatic carbocycles. The van der Waals surface area contributed by atoms with E-state index in [0.29, 0.717) is 0 Å². The largest absolute Gasteiger partial charge is 0.263 e. The SMILES string of the molecule is CCc1nc(-c2cccc(C)c2Br)n[nH]1. The Morgan fingerprint density at radius 1 is 1.40 bits per heavy atom. The van der Waals surface area contributed by atoms with Crippen molar-refractivity contribution < 1.29 is 0 Å². The van der Waals surface area contributed by atoms with Crippen LogP contribution in [-0.2, 0) is 6.42 Å². The summed E-state index contributed by atoms with van der Waals surface area (Å²) < 4.78 is 1.06. The molecule has 0 fully saturated rings.